The van der Waals surface area contributed by atoms with Crippen LogP contribution in [0.1, 0.15) is 12.5 Å². The lowest BCUT2D eigenvalue weighted by Gasteiger charge is -2.29. The summed E-state index contributed by atoms with van der Waals surface area (Å²) in [5, 5.41) is -0.781. The lowest BCUT2D eigenvalue weighted by atomic mass is 10.2. The van der Waals surface area contributed by atoms with Crippen LogP contribution in [-0.2, 0) is 14.8 Å². The fourth-order valence-corrected chi connectivity index (χ4v) is 4.06. The monoisotopic (exact) mass is 367 g/mol. The van der Waals surface area contributed by atoms with Gasteiger partial charge in [0.1, 0.15) is 11.8 Å². The highest BCUT2D eigenvalue weighted by molar-refractivity contribution is 7.93. The molecule has 7 heteroatoms. The third-order valence-electron chi connectivity index (χ3n) is 3.58. The maximum atomic E-state index is 13.1. The van der Waals surface area contributed by atoms with Crippen LogP contribution in [0.3, 0.4) is 0 Å². The highest BCUT2D eigenvalue weighted by atomic mass is 35.5. The predicted molar refractivity (Wildman–Crippen MR) is 94.2 cm³/mol. The van der Waals surface area contributed by atoms with E-state index in [0.717, 1.165) is 9.87 Å². The van der Waals surface area contributed by atoms with Crippen molar-refractivity contribution in [2.45, 2.75) is 24.8 Å². The van der Waals surface area contributed by atoms with Gasteiger partial charge in [-0.05, 0) is 49.7 Å². The van der Waals surface area contributed by atoms with Crippen molar-refractivity contribution in [1.82, 2.24) is 0 Å². The van der Waals surface area contributed by atoms with Crippen LogP contribution in [0.2, 0.25) is 0 Å². The van der Waals surface area contributed by atoms with Crippen molar-refractivity contribution in [2.75, 3.05) is 11.4 Å². The fraction of sp³-hybridized carbons (Fsp3) is 0.235. The van der Waals surface area contributed by atoms with Gasteiger partial charge in [0.15, 0.2) is 0 Å². The van der Waals surface area contributed by atoms with Crippen LogP contribution >= 0.6 is 11.6 Å². The summed E-state index contributed by atoms with van der Waals surface area (Å²) in [6, 6.07) is 11.9. The Morgan fingerprint density at radius 3 is 2.25 bits per heavy atom. The quantitative estimate of drug-likeness (QED) is 0.734. The average molecular weight is 368 g/mol. The minimum atomic E-state index is -4.00. The molecule has 2 rings (SSSR count). The van der Waals surface area contributed by atoms with E-state index in [9.17, 15) is 13.2 Å². The zero-order chi connectivity index (χ0) is 17.9. The van der Waals surface area contributed by atoms with Crippen molar-refractivity contribution in [3.05, 3.63) is 54.1 Å². The van der Waals surface area contributed by atoms with Gasteiger partial charge < -0.3 is 4.74 Å². The lowest BCUT2D eigenvalue weighted by Crippen LogP contribution is -2.42. The van der Waals surface area contributed by atoms with E-state index in [2.05, 4.69) is 0 Å². The Kier molecular flexibility index (Phi) is 5.51. The van der Waals surface area contributed by atoms with Crippen molar-refractivity contribution in [2.24, 2.45) is 0 Å². The SMILES string of the molecule is COc1ccccc1N(C(C)C(=O)Cl)S(=O)(=O)c1ccc(C)cc1. The number of carbonyl (C=O) groups is 1. The van der Waals surface area contributed by atoms with Crippen LogP contribution in [0.15, 0.2) is 53.4 Å². The van der Waals surface area contributed by atoms with E-state index in [4.69, 9.17) is 16.3 Å². The number of nitrogens with zero attached hydrogens (tertiary/aromatic N) is 1. The number of ether oxygens (including phenoxy) is 1. The molecule has 128 valence electrons. The lowest BCUT2D eigenvalue weighted by molar-refractivity contribution is -0.112. The normalized spacial score (nSPS) is 12.5. The second kappa shape index (κ2) is 7.23. The maximum Gasteiger partial charge on any atom is 0.265 e. The van der Waals surface area contributed by atoms with Gasteiger partial charge in [-0.25, -0.2) is 8.42 Å². The molecule has 0 heterocycles. The van der Waals surface area contributed by atoms with Gasteiger partial charge in [-0.15, -0.1) is 0 Å². The van der Waals surface area contributed by atoms with Crippen LogP contribution in [0.4, 0.5) is 5.69 Å². The molecule has 0 radical (unpaired) electrons. The zero-order valence-corrected chi connectivity index (χ0v) is 15.1. The third kappa shape index (κ3) is 3.55. The second-order valence-corrected chi connectivity index (χ2v) is 7.45. The highest BCUT2D eigenvalue weighted by Gasteiger charge is 2.34. The molecule has 2 aromatic carbocycles. The number of hydrogen-bond acceptors (Lipinski definition) is 4. The first-order valence-electron chi connectivity index (χ1n) is 7.22. The molecule has 0 amide bonds. The molecule has 0 bridgehead atoms. The average Bonchev–Trinajstić information content (AvgIpc) is 2.55. The molecule has 5 nitrogen and oxygen atoms in total. The van der Waals surface area contributed by atoms with Gasteiger partial charge in [0.05, 0.1) is 17.7 Å². The Morgan fingerprint density at radius 2 is 1.71 bits per heavy atom. The molecular weight excluding hydrogens is 350 g/mol. The van der Waals surface area contributed by atoms with Crippen molar-refractivity contribution in [3.63, 3.8) is 0 Å². The standard InChI is InChI=1S/C17H18ClNO4S/c1-12-8-10-14(11-9-12)24(21,22)19(13(2)17(18)20)15-6-4-5-7-16(15)23-3/h4-11,13H,1-3H3. The van der Waals surface area contributed by atoms with Crippen LogP contribution in [0, 0.1) is 6.92 Å². The number of sulfonamides is 1. The van der Waals surface area contributed by atoms with Crippen LogP contribution in [-0.4, -0.2) is 26.8 Å². The van der Waals surface area contributed by atoms with Gasteiger partial charge in [0, 0.05) is 0 Å². The molecule has 0 spiro atoms. The van der Waals surface area contributed by atoms with Crippen LogP contribution in [0.5, 0.6) is 5.75 Å². The molecule has 2 aromatic rings. The van der Waals surface area contributed by atoms with E-state index in [1.165, 1.54) is 26.2 Å². The van der Waals surface area contributed by atoms with E-state index in [-0.39, 0.29) is 10.6 Å². The molecule has 0 fully saturated rings. The molecule has 1 unspecified atom stereocenters. The van der Waals surface area contributed by atoms with Gasteiger partial charge in [0.2, 0.25) is 5.24 Å². The first-order chi connectivity index (χ1) is 11.3. The summed E-state index contributed by atoms with van der Waals surface area (Å²) in [6.07, 6.45) is 0. The molecular formula is C17H18ClNO4S. The van der Waals surface area contributed by atoms with E-state index in [0.29, 0.717) is 5.75 Å². The predicted octanol–water partition coefficient (Wildman–Crippen LogP) is 3.35. The van der Waals surface area contributed by atoms with Gasteiger partial charge >= 0.3 is 0 Å². The van der Waals surface area contributed by atoms with Gasteiger partial charge in [-0.3, -0.25) is 9.10 Å². The number of carbonyl (C=O) groups excluding carboxylic acids is 1. The Hall–Kier alpha value is -2.05. The molecule has 1 atom stereocenters. The van der Waals surface area contributed by atoms with Crippen molar-refractivity contribution in [3.8, 4) is 5.75 Å². The third-order valence-corrected chi connectivity index (χ3v) is 5.80. The molecule has 0 saturated heterocycles. The van der Waals surface area contributed by atoms with E-state index in [1.54, 1.807) is 36.4 Å². The number of hydrogen-bond donors (Lipinski definition) is 0. The Morgan fingerprint density at radius 1 is 1.12 bits per heavy atom. The van der Waals surface area contributed by atoms with Gasteiger partial charge in [-0.2, -0.15) is 0 Å². The summed E-state index contributed by atoms with van der Waals surface area (Å²) in [5.41, 5.74) is 1.18. The second-order valence-electron chi connectivity index (χ2n) is 5.27. The molecule has 0 N–H and O–H groups in total. The molecule has 0 aliphatic carbocycles. The molecule has 0 saturated carbocycles. The van der Waals surface area contributed by atoms with E-state index in [1.807, 2.05) is 6.92 Å². The summed E-state index contributed by atoms with van der Waals surface area (Å²) in [4.78, 5) is 11.8. The zero-order valence-electron chi connectivity index (χ0n) is 13.6. The van der Waals surface area contributed by atoms with E-state index >= 15 is 0 Å². The van der Waals surface area contributed by atoms with Crippen molar-refractivity contribution >= 4 is 32.6 Å². The Labute approximate surface area is 146 Å². The number of methoxy groups -OCH3 is 1. The molecule has 0 aliphatic rings. The van der Waals surface area contributed by atoms with Gasteiger partial charge in [0.25, 0.3) is 10.0 Å². The fourth-order valence-electron chi connectivity index (χ4n) is 2.27. The number of anilines is 1. The summed E-state index contributed by atoms with van der Waals surface area (Å²) >= 11 is 5.60. The number of para-hydroxylation sites is 2. The van der Waals surface area contributed by atoms with Crippen LogP contribution in [0.25, 0.3) is 0 Å². The summed E-state index contributed by atoms with van der Waals surface area (Å²) in [7, 11) is -2.57. The van der Waals surface area contributed by atoms with Crippen LogP contribution < -0.4 is 9.04 Å². The summed E-state index contributed by atoms with van der Waals surface area (Å²) in [6.45, 7) is 3.30. The molecule has 0 aromatic heterocycles. The molecule has 24 heavy (non-hydrogen) atoms. The number of benzene rings is 2. The largest absolute Gasteiger partial charge is 0.495 e. The van der Waals surface area contributed by atoms with E-state index < -0.39 is 21.3 Å². The first kappa shape index (κ1) is 18.3. The van der Waals surface area contributed by atoms with Crippen molar-refractivity contribution < 1.29 is 17.9 Å². The summed E-state index contributed by atoms with van der Waals surface area (Å²) < 4.78 is 32.5. The molecule has 0 aliphatic heterocycles. The van der Waals surface area contributed by atoms with Gasteiger partial charge in [-0.1, -0.05) is 29.8 Å². The number of aryl methyl sites for hydroxylation is 1. The minimum Gasteiger partial charge on any atom is -0.495 e. The maximum absolute atomic E-state index is 13.1. The number of halogens is 1. The Bertz CT molecular complexity index is 834. The highest BCUT2D eigenvalue weighted by Crippen LogP contribution is 2.34. The smallest absolute Gasteiger partial charge is 0.265 e. The summed E-state index contributed by atoms with van der Waals surface area (Å²) in [5.74, 6) is 0.331. The van der Waals surface area contributed by atoms with Crippen molar-refractivity contribution in [1.29, 1.82) is 0 Å². The Balaban J connectivity index is 2.66. The first-order valence-corrected chi connectivity index (χ1v) is 9.04. The number of rotatable bonds is 6. The topological polar surface area (TPSA) is 63.7 Å². The minimum absolute atomic E-state index is 0.0729.